The molecule has 1 N–H and O–H groups in total. The second kappa shape index (κ2) is 6.39. The number of anilines is 1. The van der Waals surface area contributed by atoms with E-state index < -0.39 is 21.6 Å². The number of rotatable bonds is 5. The zero-order valence-corrected chi connectivity index (χ0v) is 16.4. The Balaban J connectivity index is 1.94. The van der Waals surface area contributed by atoms with Crippen LogP contribution in [0.2, 0.25) is 0 Å². The van der Waals surface area contributed by atoms with Crippen molar-refractivity contribution in [1.82, 2.24) is 14.5 Å². The van der Waals surface area contributed by atoms with Gasteiger partial charge >= 0.3 is 5.69 Å². The maximum Gasteiger partial charge on any atom is 0.355 e. The van der Waals surface area contributed by atoms with Crippen molar-refractivity contribution in [2.75, 3.05) is 19.0 Å². The molecule has 27 heavy (non-hydrogen) atoms. The topological polar surface area (TPSA) is 105 Å². The number of thiazole rings is 1. The molecular weight excluding hydrogens is 388 g/mol. The lowest BCUT2D eigenvalue weighted by Crippen LogP contribution is -2.25. The Kier molecular flexibility index (Phi) is 4.28. The summed E-state index contributed by atoms with van der Waals surface area (Å²) in [6.45, 7) is 0. The zero-order chi connectivity index (χ0) is 19.3. The van der Waals surface area contributed by atoms with E-state index in [0.29, 0.717) is 28.6 Å². The van der Waals surface area contributed by atoms with Gasteiger partial charge in [0.1, 0.15) is 10.5 Å². The summed E-state index contributed by atoms with van der Waals surface area (Å²) in [6.07, 6.45) is 2.19. The van der Waals surface area contributed by atoms with Gasteiger partial charge in [-0.3, -0.25) is 4.55 Å². The molecule has 3 aromatic rings. The molecule has 0 saturated heterocycles. The second-order valence-electron chi connectivity index (χ2n) is 6.82. The number of hydrogen-bond donors (Lipinski definition) is 1. The number of fused-ring (bicyclic) bond motifs is 1. The van der Waals surface area contributed by atoms with Crippen molar-refractivity contribution in [3.05, 3.63) is 45.3 Å². The van der Waals surface area contributed by atoms with Crippen LogP contribution in [0, 0.1) is 0 Å². The third-order valence-corrected chi connectivity index (χ3v) is 6.20. The first kappa shape index (κ1) is 18.1. The predicted molar refractivity (Wildman–Crippen MR) is 105 cm³/mol. The molecule has 0 bridgehead atoms. The molecule has 2 aromatic heterocycles. The van der Waals surface area contributed by atoms with Crippen LogP contribution in [0.3, 0.4) is 0 Å². The largest absolute Gasteiger partial charge is 0.361 e. The van der Waals surface area contributed by atoms with Gasteiger partial charge in [-0.05, 0) is 30.5 Å². The van der Waals surface area contributed by atoms with E-state index in [1.165, 1.54) is 4.57 Å². The van der Waals surface area contributed by atoms with Gasteiger partial charge in [0.05, 0.1) is 10.7 Å². The quantitative estimate of drug-likeness (QED) is 0.647. The standard InChI is InChI=1S/C17H18N4O4S2/c1-20(2)14-13-15(18-16(26-13)11-6-7-11)21(17(22)19-14)12-5-3-4-10(8-12)9-27(23,24)25/h3-5,8,11H,6-7,9H2,1-2H3,(H,23,24,25). The predicted octanol–water partition coefficient (Wildman–Crippen LogP) is 2.17. The highest BCUT2D eigenvalue weighted by Gasteiger charge is 2.29. The molecule has 1 fully saturated rings. The molecule has 4 rings (SSSR count). The number of hydrogen-bond acceptors (Lipinski definition) is 7. The Morgan fingerprint density at radius 1 is 1.30 bits per heavy atom. The first-order valence-electron chi connectivity index (χ1n) is 8.38. The molecule has 0 unspecified atom stereocenters. The minimum atomic E-state index is -4.17. The van der Waals surface area contributed by atoms with Crippen LogP contribution >= 0.6 is 11.3 Å². The number of nitrogens with zero attached hydrogens (tertiary/aromatic N) is 4. The summed E-state index contributed by atoms with van der Waals surface area (Å²) in [7, 11) is -0.512. The van der Waals surface area contributed by atoms with Crippen molar-refractivity contribution in [3.8, 4) is 5.69 Å². The van der Waals surface area contributed by atoms with E-state index in [1.54, 1.807) is 40.5 Å². The van der Waals surface area contributed by atoms with Crippen LogP contribution in [0.1, 0.15) is 29.3 Å². The monoisotopic (exact) mass is 406 g/mol. The Morgan fingerprint density at radius 2 is 2.04 bits per heavy atom. The maximum atomic E-state index is 12.8. The summed E-state index contributed by atoms with van der Waals surface area (Å²) in [6, 6.07) is 6.48. The third-order valence-electron chi connectivity index (χ3n) is 4.30. The zero-order valence-electron chi connectivity index (χ0n) is 14.8. The van der Waals surface area contributed by atoms with Crippen LogP contribution in [-0.2, 0) is 15.9 Å². The van der Waals surface area contributed by atoms with Crippen molar-refractivity contribution in [2.45, 2.75) is 24.5 Å². The molecule has 2 heterocycles. The molecule has 0 aliphatic heterocycles. The van der Waals surface area contributed by atoms with E-state index in [2.05, 4.69) is 4.98 Å². The van der Waals surface area contributed by atoms with Crippen molar-refractivity contribution < 1.29 is 13.0 Å². The summed E-state index contributed by atoms with van der Waals surface area (Å²) < 4.78 is 33.7. The smallest absolute Gasteiger partial charge is 0.355 e. The van der Waals surface area contributed by atoms with Gasteiger partial charge in [-0.2, -0.15) is 13.4 Å². The van der Waals surface area contributed by atoms with Crippen LogP contribution in [0.4, 0.5) is 5.82 Å². The minimum absolute atomic E-state index is 0.379. The SMILES string of the molecule is CN(C)c1nc(=O)n(-c2cccc(CS(=O)(=O)O)c2)c2nc(C3CC3)sc12. The van der Waals surface area contributed by atoms with Crippen LogP contribution < -0.4 is 10.6 Å². The average Bonchev–Trinajstić information content (AvgIpc) is 3.32. The maximum absolute atomic E-state index is 12.8. The molecule has 0 spiro atoms. The summed E-state index contributed by atoms with van der Waals surface area (Å²) in [5.41, 5.74) is 0.887. The van der Waals surface area contributed by atoms with Gasteiger partial charge in [0.2, 0.25) is 0 Å². The molecule has 10 heteroatoms. The van der Waals surface area contributed by atoms with E-state index in [9.17, 15) is 13.2 Å². The molecule has 1 aliphatic rings. The fourth-order valence-electron chi connectivity index (χ4n) is 2.94. The third kappa shape index (κ3) is 3.60. The van der Waals surface area contributed by atoms with E-state index >= 15 is 0 Å². The molecule has 1 saturated carbocycles. The van der Waals surface area contributed by atoms with Crippen molar-refractivity contribution >= 4 is 37.6 Å². The van der Waals surface area contributed by atoms with Gasteiger partial charge in [-0.25, -0.2) is 14.3 Å². The second-order valence-corrected chi connectivity index (χ2v) is 9.31. The van der Waals surface area contributed by atoms with E-state index in [1.807, 2.05) is 14.1 Å². The lowest BCUT2D eigenvalue weighted by atomic mass is 10.2. The molecule has 0 radical (unpaired) electrons. The Morgan fingerprint density at radius 3 is 2.67 bits per heavy atom. The van der Waals surface area contributed by atoms with Crippen molar-refractivity contribution in [3.63, 3.8) is 0 Å². The number of benzene rings is 1. The van der Waals surface area contributed by atoms with E-state index in [4.69, 9.17) is 9.54 Å². The van der Waals surface area contributed by atoms with Gasteiger partial charge in [-0.15, -0.1) is 11.3 Å². The van der Waals surface area contributed by atoms with Gasteiger partial charge < -0.3 is 4.90 Å². The highest BCUT2D eigenvalue weighted by molar-refractivity contribution is 7.85. The summed E-state index contributed by atoms with van der Waals surface area (Å²) >= 11 is 1.54. The van der Waals surface area contributed by atoms with Crippen LogP contribution in [-0.4, -0.2) is 41.6 Å². The highest BCUT2D eigenvalue weighted by atomic mass is 32.2. The summed E-state index contributed by atoms with van der Waals surface area (Å²) in [4.78, 5) is 23.5. The first-order valence-corrected chi connectivity index (χ1v) is 10.8. The molecular formula is C17H18N4O4S2. The van der Waals surface area contributed by atoms with E-state index in [0.717, 1.165) is 22.5 Å². The molecule has 8 nitrogen and oxygen atoms in total. The fraction of sp³-hybridized carbons (Fsp3) is 0.353. The molecule has 0 atom stereocenters. The summed E-state index contributed by atoms with van der Waals surface area (Å²) in [5.74, 6) is 0.489. The molecule has 1 aliphatic carbocycles. The fourth-order valence-corrected chi connectivity index (χ4v) is 4.84. The van der Waals surface area contributed by atoms with Crippen LogP contribution in [0.5, 0.6) is 0 Å². The lowest BCUT2D eigenvalue weighted by molar-refractivity contribution is 0.482. The normalized spacial score (nSPS) is 14.6. The highest BCUT2D eigenvalue weighted by Crippen LogP contribution is 2.44. The van der Waals surface area contributed by atoms with Crippen LogP contribution in [0.25, 0.3) is 16.0 Å². The van der Waals surface area contributed by atoms with Gasteiger partial charge in [0.15, 0.2) is 11.5 Å². The Bertz CT molecular complexity index is 1190. The van der Waals surface area contributed by atoms with Crippen molar-refractivity contribution in [2.24, 2.45) is 0 Å². The number of aromatic nitrogens is 3. The Labute approximate surface area is 159 Å². The average molecular weight is 406 g/mol. The van der Waals surface area contributed by atoms with E-state index in [-0.39, 0.29) is 0 Å². The molecule has 1 aromatic carbocycles. The molecule has 0 amide bonds. The molecule has 142 valence electrons. The van der Waals surface area contributed by atoms with Gasteiger partial charge in [-0.1, -0.05) is 12.1 Å². The minimum Gasteiger partial charge on any atom is -0.361 e. The Hall–Kier alpha value is -2.30. The first-order chi connectivity index (χ1) is 12.7. The van der Waals surface area contributed by atoms with Crippen molar-refractivity contribution in [1.29, 1.82) is 0 Å². The summed E-state index contributed by atoms with van der Waals surface area (Å²) in [5, 5.41) is 0.989. The van der Waals surface area contributed by atoms with Gasteiger partial charge in [0, 0.05) is 20.0 Å². The lowest BCUT2D eigenvalue weighted by Gasteiger charge is -2.14. The van der Waals surface area contributed by atoms with Crippen LogP contribution in [0.15, 0.2) is 29.1 Å². The van der Waals surface area contributed by atoms with Gasteiger partial charge in [0.25, 0.3) is 10.1 Å².